The van der Waals surface area contributed by atoms with Gasteiger partial charge in [0.25, 0.3) is 0 Å². The molecule has 0 radical (unpaired) electrons. The molecule has 2 aromatic rings. The van der Waals surface area contributed by atoms with E-state index in [2.05, 4.69) is 37.2 Å². The molecule has 3 unspecified atom stereocenters. The zero-order valence-electron chi connectivity index (χ0n) is 14.9. The average molecular weight is 380 g/mol. The van der Waals surface area contributed by atoms with E-state index >= 15 is 0 Å². The highest BCUT2D eigenvalue weighted by Crippen LogP contribution is 2.49. The van der Waals surface area contributed by atoms with Gasteiger partial charge < -0.3 is 10.0 Å². The van der Waals surface area contributed by atoms with E-state index in [-0.39, 0.29) is 24.4 Å². The molecule has 0 aromatic heterocycles. The van der Waals surface area contributed by atoms with Crippen LogP contribution in [0.2, 0.25) is 5.02 Å². The van der Waals surface area contributed by atoms with Crippen LogP contribution in [-0.2, 0) is 5.60 Å². The lowest BCUT2D eigenvalue weighted by Gasteiger charge is -2.46. The second-order valence-electron chi connectivity index (χ2n) is 7.11. The molecule has 2 nitrogen and oxygen atoms in total. The lowest BCUT2D eigenvalue weighted by Crippen LogP contribution is -2.45. The Labute approximate surface area is 162 Å². The predicted molar refractivity (Wildman–Crippen MR) is 107 cm³/mol. The summed E-state index contributed by atoms with van der Waals surface area (Å²) in [4.78, 5) is 2.22. The third-order valence-electron chi connectivity index (χ3n) is 5.34. The highest BCUT2D eigenvalue weighted by molar-refractivity contribution is 6.30. The van der Waals surface area contributed by atoms with Crippen molar-refractivity contribution in [2.24, 2.45) is 5.92 Å². The molecule has 25 heavy (non-hydrogen) atoms. The Balaban J connectivity index is 0.00000225. The molecule has 1 aliphatic carbocycles. The van der Waals surface area contributed by atoms with Crippen molar-refractivity contribution in [3.8, 4) is 0 Å². The smallest absolute Gasteiger partial charge is 0.0942 e. The van der Waals surface area contributed by atoms with Crippen molar-refractivity contribution in [2.75, 3.05) is 14.1 Å². The van der Waals surface area contributed by atoms with Crippen molar-refractivity contribution in [1.29, 1.82) is 0 Å². The first-order chi connectivity index (χ1) is 11.5. The van der Waals surface area contributed by atoms with Crippen LogP contribution in [0.3, 0.4) is 0 Å². The number of hydrogen-bond donors (Lipinski definition) is 1. The van der Waals surface area contributed by atoms with Gasteiger partial charge in [0.2, 0.25) is 0 Å². The monoisotopic (exact) mass is 379 g/mol. The van der Waals surface area contributed by atoms with Gasteiger partial charge in [0.1, 0.15) is 0 Å². The second-order valence-corrected chi connectivity index (χ2v) is 7.54. The van der Waals surface area contributed by atoms with Crippen LogP contribution in [-0.4, -0.2) is 24.1 Å². The van der Waals surface area contributed by atoms with Crippen molar-refractivity contribution >= 4 is 24.0 Å². The van der Waals surface area contributed by atoms with Crippen molar-refractivity contribution in [1.82, 2.24) is 4.90 Å². The number of hydrogen-bond acceptors (Lipinski definition) is 2. The van der Waals surface area contributed by atoms with Gasteiger partial charge in [-0.3, -0.25) is 0 Å². The Morgan fingerprint density at radius 3 is 2.44 bits per heavy atom. The zero-order valence-corrected chi connectivity index (χ0v) is 16.4. The maximum atomic E-state index is 11.7. The van der Waals surface area contributed by atoms with Crippen LogP contribution in [0.4, 0.5) is 0 Å². The van der Waals surface area contributed by atoms with Gasteiger partial charge in [-0.15, -0.1) is 12.4 Å². The molecule has 0 amide bonds. The summed E-state index contributed by atoms with van der Waals surface area (Å²) in [5.41, 5.74) is 1.41. The summed E-state index contributed by atoms with van der Waals surface area (Å²) in [6.45, 7) is 0. The molecule has 0 heterocycles. The number of aliphatic hydroxyl groups is 1. The third kappa shape index (κ3) is 4.20. The van der Waals surface area contributed by atoms with Crippen LogP contribution in [0.5, 0.6) is 0 Å². The Hall–Kier alpha value is -1.06. The SMILES string of the molecule is CN(C)C(c1cccc(Cl)c1)C1CCCCC1(O)c1ccccc1.Cl. The Kier molecular flexibility index (Phi) is 6.93. The van der Waals surface area contributed by atoms with Crippen molar-refractivity contribution in [3.05, 3.63) is 70.7 Å². The molecule has 3 atom stereocenters. The minimum atomic E-state index is -0.795. The first kappa shape index (κ1) is 20.3. The topological polar surface area (TPSA) is 23.5 Å². The van der Waals surface area contributed by atoms with Crippen molar-refractivity contribution in [2.45, 2.75) is 37.3 Å². The third-order valence-corrected chi connectivity index (χ3v) is 5.57. The van der Waals surface area contributed by atoms with Gasteiger partial charge in [0.15, 0.2) is 0 Å². The molecule has 4 heteroatoms. The van der Waals surface area contributed by atoms with E-state index in [4.69, 9.17) is 11.6 Å². The summed E-state index contributed by atoms with van der Waals surface area (Å²) in [6, 6.07) is 18.3. The highest BCUT2D eigenvalue weighted by atomic mass is 35.5. The van der Waals surface area contributed by atoms with Crippen molar-refractivity contribution in [3.63, 3.8) is 0 Å². The first-order valence-corrected chi connectivity index (χ1v) is 9.10. The van der Waals surface area contributed by atoms with E-state index in [1.54, 1.807) is 0 Å². The fraction of sp³-hybridized carbons (Fsp3) is 0.429. The zero-order chi connectivity index (χ0) is 17.2. The van der Waals surface area contributed by atoms with Crippen molar-refractivity contribution < 1.29 is 5.11 Å². The van der Waals surface area contributed by atoms with E-state index in [9.17, 15) is 5.11 Å². The molecule has 136 valence electrons. The number of nitrogens with zero attached hydrogens (tertiary/aromatic N) is 1. The second kappa shape index (κ2) is 8.55. The predicted octanol–water partition coefficient (Wildman–Crippen LogP) is 5.44. The Morgan fingerprint density at radius 1 is 1.08 bits per heavy atom. The Bertz CT molecular complexity index is 677. The molecule has 1 saturated carbocycles. The minimum absolute atomic E-state index is 0. The lowest BCUT2D eigenvalue weighted by molar-refractivity contribution is -0.0837. The van der Waals surface area contributed by atoms with Crippen LogP contribution in [0, 0.1) is 5.92 Å². The summed E-state index contributed by atoms with van der Waals surface area (Å²) in [7, 11) is 4.18. The quantitative estimate of drug-likeness (QED) is 0.763. The largest absolute Gasteiger partial charge is 0.385 e. The van der Waals surface area contributed by atoms with Crippen LogP contribution < -0.4 is 0 Å². The van der Waals surface area contributed by atoms with Crippen LogP contribution in [0.15, 0.2) is 54.6 Å². The number of halogens is 2. The lowest BCUT2D eigenvalue weighted by atomic mass is 9.67. The summed E-state index contributed by atoms with van der Waals surface area (Å²) in [6.07, 6.45) is 4.05. The minimum Gasteiger partial charge on any atom is -0.385 e. The first-order valence-electron chi connectivity index (χ1n) is 8.72. The summed E-state index contributed by atoms with van der Waals surface area (Å²) in [5.74, 6) is 0.141. The maximum Gasteiger partial charge on any atom is 0.0942 e. The van der Waals surface area contributed by atoms with Gasteiger partial charge >= 0.3 is 0 Å². The molecule has 1 fully saturated rings. The van der Waals surface area contributed by atoms with E-state index in [1.165, 1.54) is 5.56 Å². The highest BCUT2D eigenvalue weighted by Gasteiger charge is 2.45. The van der Waals surface area contributed by atoms with Gasteiger partial charge in [-0.1, -0.05) is 66.9 Å². The van der Waals surface area contributed by atoms with E-state index < -0.39 is 5.60 Å². The fourth-order valence-electron chi connectivity index (χ4n) is 4.27. The molecule has 0 saturated heterocycles. The van der Waals surface area contributed by atoms with Gasteiger partial charge in [0.05, 0.1) is 5.60 Å². The van der Waals surface area contributed by atoms with E-state index in [0.29, 0.717) is 0 Å². The average Bonchev–Trinajstić information content (AvgIpc) is 2.57. The van der Waals surface area contributed by atoms with Crippen LogP contribution in [0.25, 0.3) is 0 Å². The van der Waals surface area contributed by atoms with Crippen LogP contribution in [0.1, 0.15) is 42.9 Å². The molecule has 0 bridgehead atoms. The normalized spacial score (nSPS) is 24.6. The molecule has 3 rings (SSSR count). The van der Waals surface area contributed by atoms with Gasteiger partial charge in [-0.2, -0.15) is 0 Å². The number of benzene rings is 2. The molecule has 2 aromatic carbocycles. The fourth-order valence-corrected chi connectivity index (χ4v) is 4.47. The molecule has 1 aliphatic rings. The number of rotatable bonds is 4. The maximum absolute atomic E-state index is 11.7. The summed E-state index contributed by atoms with van der Waals surface area (Å²) in [5, 5.41) is 12.4. The molecule has 0 spiro atoms. The van der Waals surface area contributed by atoms with Gasteiger partial charge in [-0.25, -0.2) is 0 Å². The van der Waals surface area contributed by atoms with Crippen LogP contribution >= 0.6 is 24.0 Å². The van der Waals surface area contributed by atoms with Gasteiger partial charge in [0, 0.05) is 17.0 Å². The molecular formula is C21H27Cl2NO. The molecule has 0 aliphatic heterocycles. The molecule has 1 N–H and O–H groups in total. The molecular weight excluding hydrogens is 353 g/mol. The standard InChI is InChI=1S/C21H26ClNO.ClH/c1-23(2)20(16-9-8-12-18(22)15-16)19-13-6-7-14-21(19,24)17-10-4-3-5-11-17;/h3-5,8-12,15,19-20,24H,6-7,13-14H2,1-2H3;1H. The van der Waals surface area contributed by atoms with Gasteiger partial charge in [-0.05, 0) is 50.2 Å². The van der Waals surface area contributed by atoms with E-state index in [1.807, 2.05) is 36.4 Å². The summed E-state index contributed by atoms with van der Waals surface area (Å²) < 4.78 is 0. The summed E-state index contributed by atoms with van der Waals surface area (Å²) >= 11 is 6.24. The van der Waals surface area contributed by atoms with E-state index in [0.717, 1.165) is 36.3 Å². The Morgan fingerprint density at radius 2 is 1.80 bits per heavy atom.